The molecule has 32 heavy (non-hydrogen) atoms. The predicted molar refractivity (Wildman–Crippen MR) is 121 cm³/mol. The van der Waals surface area contributed by atoms with Crippen LogP contribution >= 0.6 is 0 Å². The highest BCUT2D eigenvalue weighted by Crippen LogP contribution is 2.38. The molecule has 0 unspecified atom stereocenters. The second kappa shape index (κ2) is 10.8. The molecule has 0 saturated heterocycles. The second-order valence-electron chi connectivity index (χ2n) is 9.12. The van der Waals surface area contributed by atoms with E-state index in [1.54, 1.807) is 48.5 Å². The molecule has 0 aromatic heterocycles. The number of nitrogens with zero attached hydrogens (tertiary/aromatic N) is 1. The number of ether oxygens (including phenoxy) is 3. The average Bonchev–Trinajstić information content (AvgIpc) is 2.76. The smallest absolute Gasteiger partial charge is 0.343 e. The first-order valence-corrected chi connectivity index (χ1v) is 10.7. The third-order valence-electron chi connectivity index (χ3n) is 5.71. The molecule has 0 radical (unpaired) electrons. The number of hydrogen-bond acceptors (Lipinski definition) is 6. The number of carbonyl (C=O) groups is 2. The van der Waals surface area contributed by atoms with Crippen LogP contribution in [0, 0.1) is 22.2 Å². The molecular weight excluding hydrogens is 406 g/mol. The zero-order valence-corrected chi connectivity index (χ0v) is 19.4. The molecule has 2 aromatic carbocycles. The Kier molecular flexibility index (Phi) is 8.42. The molecule has 6 heteroatoms. The van der Waals surface area contributed by atoms with E-state index in [1.807, 2.05) is 40.7 Å². The minimum atomic E-state index is -0.549. The molecule has 2 aromatic rings. The Morgan fingerprint density at radius 3 is 1.97 bits per heavy atom. The van der Waals surface area contributed by atoms with Gasteiger partial charge in [-0.25, -0.2) is 4.79 Å². The number of esters is 2. The summed E-state index contributed by atoms with van der Waals surface area (Å²) in [6.07, 6.45) is 1.45. The van der Waals surface area contributed by atoms with Gasteiger partial charge in [0.1, 0.15) is 11.5 Å². The third-order valence-corrected chi connectivity index (χ3v) is 5.71. The van der Waals surface area contributed by atoms with Crippen molar-refractivity contribution in [3.05, 3.63) is 59.7 Å². The van der Waals surface area contributed by atoms with E-state index in [0.29, 0.717) is 42.3 Å². The summed E-state index contributed by atoms with van der Waals surface area (Å²) >= 11 is 0. The Bertz CT molecular complexity index is 948. The fraction of sp³-hybridized carbons (Fsp3) is 0.423. The molecule has 0 fully saturated rings. The van der Waals surface area contributed by atoms with Crippen LogP contribution in [-0.4, -0.2) is 25.2 Å². The largest absolute Gasteiger partial charge is 0.494 e. The molecule has 0 heterocycles. The van der Waals surface area contributed by atoms with Crippen LogP contribution in [0.4, 0.5) is 0 Å². The summed E-state index contributed by atoms with van der Waals surface area (Å²) in [4.78, 5) is 24.5. The summed E-state index contributed by atoms with van der Waals surface area (Å²) < 4.78 is 16.4. The summed E-state index contributed by atoms with van der Waals surface area (Å²) in [6.45, 7) is 10.7. The monoisotopic (exact) mass is 437 g/mol. The lowest BCUT2D eigenvalue weighted by atomic mass is 9.69. The second-order valence-corrected chi connectivity index (χ2v) is 9.12. The molecule has 0 saturated carbocycles. The lowest BCUT2D eigenvalue weighted by molar-refractivity contribution is -0.160. The highest BCUT2D eigenvalue weighted by atomic mass is 16.5. The highest BCUT2D eigenvalue weighted by Gasteiger charge is 2.41. The minimum Gasteiger partial charge on any atom is -0.494 e. The van der Waals surface area contributed by atoms with Crippen LogP contribution in [0.1, 0.15) is 63.4 Å². The van der Waals surface area contributed by atoms with Gasteiger partial charge in [-0.15, -0.1) is 0 Å². The maximum atomic E-state index is 12.3. The quantitative estimate of drug-likeness (QED) is 0.290. The summed E-state index contributed by atoms with van der Waals surface area (Å²) in [5, 5.41) is 8.81. The lowest BCUT2D eigenvalue weighted by Crippen LogP contribution is -2.39. The van der Waals surface area contributed by atoms with E-state index >= 15 is 0 Å². The van der Waals surface area contributed by atoms with Crippen molar-refractivity contribution < 1.29 is 23.8 Å². The molecule has 0 atom stereocenters. The molecule has 0 bridgehead atoms. The van der Waals surface area contributed by atoms with Crippen LogP contribution in [-0.2, 0) is 9.53 Å². The van der Waals surface area contributed by atoms with E-state index in [9.17, 15) is 9.59 Å². The van der Waals surface area contributed by atoms with Gasteiger partial charge in [-0.2, -0.15) is 5.26 Å². The van der Waals surface area contributed by atoms with E-state index in [4.69, 9.17) is 19.5 Å². The molecule has 6 nitrogen and oxygen atoms in total. The van der Waals surface area contributed by atoms with Crippen LogP contribution in [0.3, 0.4) is 0 Å². The fourth-order valence-corrected chi connectivity index (χ4v) is 2.50. The molecule has 0 aliphatic heterocycles. The van der Waals surface area contributed by atoms with Gasteiger partial charge >= 0.3 is 11.9 Å². The van der Waals surface area contributed by atoms with Crippen molar-refractivity contribution in [1.82, 2.24) is 0 Å². The Labute approximate surface area is 190 Å². The van der Waals surface area contributed by atoms with Crippen molar-refractivity contribution in [1.29, 1.82) is 5.26 Å². The van der Waals surface area contributed by atoms with Crippen LogP contribution in [0.25, 0.3) is 0 Å². The Morgan fingerprint density at radius 2 is 1.41 bits per heavy atom. The van der Waals surface area contributed by atoms with Crippen LogP contribution in [0.15, 0.2) is 48.5 Å². The third kappa shape index (κ3) is 6.84. The molecular formula is C26H31NO5. The summed E-state index contributed by atoms with van der Waals surface area (Å²) in [7, 11) is 0. The van der Waals surface area contributed by atoms with Crippen molar-refractivity contribution in [2.24, 2.45) is 10.8 Å². The van der Waals surface area contributed by atoms with Crippen molar-refractivity contribution in [3.63, 3.8) is 0 Å². The van der Waals surface area contributed by atoms with Crippen LogP contribution in [0.2, 0.25) is 0 Å². The van der Waals surface area contributed by atoms with Gasteiger partial charge in [-0.3, -0.25) is 4.79 Å². The van der Waals surface area contributed by atoms with E-state index in [-0.39, 0.29) is 11.4 Å². The Morgan fingerprint density at radius 1 is 0.844 bits per heavy atom. The highest BCUT2D eigenvalue weighted by molar-refractivity contribution is 5.91. The van der Waals surface area contributed by atoms with Crippen molar-refractivity contribution >= 4 is 11.9 Å². The number of nitriles is 1. The van der Waals surface area contributed by atoms with E-state index < -0.39 is 11.4 Å². The molecule has 170 valence electrons. The zero-order valence-electron chi connectivity index (χ0n) is 19.4. The normalized spacial score (nSPS) is 11.4. The number of rotatable bonds is 9. The van der Waals surface area contributed by atoms with Crippen molar-refractivity contribution in [2.45, 2.75) is 47.5 Å². The van der Waals surface area contributed by atoms with Crippen LogP contribution in [0.5, 0.6) is 11.5 Å². The molecule has 0 aliphatic carbocycles. The number of benzene rings is 2. The molecule has 0 N–H and O–H groups in total. The summed E-state index contributed by atoms with van der Waals surface area (Å²) in [5.41, 5.74) is 0.175. The van der Waals surface area contributed by atoms with E-state index in [1.165, 1.54) is 0 Å². The Hall–Kier alpha value is -3.33. The van der Waals surface area contributed by atoms with E-state index in [0.717, 1.165) is 6.42 Å². The van der Waals surface area contributed by atoms with Gasteiger partial charge in [0, 0.05) is 0 Å². The summed E-state index contributed by atoms with van der Waals surface area (Å²) in [5.74, 6) is 0.349. The molecule has 0 spiro atoms. The van der Waals surface area contributed by atoms with Crippen molar-refractivity contribution in [3.8, 4) is 17.6 Å². The zero-order chi connectivity index (χ0) is 23.8. The van der Waals surface area contributed by atoms with Gasteiger partial charge in [0.25, 0.3) is 0 Å². The maximum absolute atomic E-state index is 12.3. The van der Waals surface area contributed by atoms with Gasteiger partial charge in [0.05, 0.1) is 35.8 Å². The number of carbonyl (C=O) groups excluding carboxylic acids is 2. The maximum Gasteiger partial charge on any atom is 0.343 e. The first-order chi connectivity index (χ1) is 15.0. The molecule has 0 aliphatic rings. The van der Waals surface area contributed by atoms with Gasteiger partial charge < -0.3 is 14.2 Å². The first kappa shape index (κ1) is 24.9. The molecule has 2 rings (SSSR count). The number of hydrogen-bond donors (Lipinski definition) is 0. The standard InChI is InChI=1S/C26H31NO5/c1-25(2,3)26(4,5)24(29)31-17-7-6-16-30-21-14-10-20(11-15-21)23(28)32-22-12-8-19(18-27)9-13-22/h8-15H,6-7,16-17H2,1-5H3. The van der Waals surface area contributed by atoms with Gasteiger partial charge in [-0.1, -0.05) is 20.8 Å². The molecule has 0 amide bonds. The summed E-state index contributed by atoms with van der Waals surface area (Å²) in [6, 6.07) is 15.0. The van der Waals surface area contributed by atoms with Gasteiger partial charge in [0.2, 0.25) is 0 Å². The predicted octanol–water partition coefficient (Wildman–Crippen LogP) is 5.55. The topological polar surface area (TPSA) is 85.6 Å². The minimum absolute atomic E-state index is 0.173. The fourth-order valence-electron chi connectivity index (χ4n) is 2.50. The Balaban J connectivity index is 1.71. The van der Waals surface area contributed by atoms with Crippen molar-refractivity contribution in [2.75, 3.05) is 13.2 Å². The van der Waals surface area contributed by atoms with E-state index in [2.05, 4.69) is 0 Å². The lowest BCUT2D eigenvalue weighted by Gasteiger charge is -2.36. The van der Waals surface area contributed by atoms with Gasteiger partial charge in [-0.05, 0) is 80.6 Å². The van der Waals surface area contributed by atoms with Gasteiger partial charge in [0.15, 0.2) is 0 Å². The number of unbranched alkanes of at least 4 members (excludes halogenated alkanes) is 1. The van der Waals surface area contributed by atoms with Crippen LogP contribution < -0.4 is 9.47 Å². The SMILES string of the molecule is CC(C)(C)C(C)(C)C(=O)OCCCCOc1ccc(C(=O)Oc2ccc(C#N)cc2)cc1. The first-order valence-electron chi connectivity index (χ1n) is 10.7. The average molecular weight is 438 g/mol.